The number of hydrogen-bond donors (Lipinski definition) is 2. The minimum Gasteiger partial charge on any atom is -0.356 e. The van der Waals surface area contributed by atoms with E-state index in [1.807, 2.05) is 13.8 Å². The van der Waals surface area contributed by atoms with E-state index in [4.69, 9.17) is 0 Å². The monoisotopic (exact) mass is 272 g/mol. The molecule has 0 aromatic rings. The molecule has 0 saturated heterocycles. The Hall–Kier alpha value is -1.39. The second-order valence-electron chi connectivity index (χ2n) is 4.10. The molecule has 0 aromatic heterocycles. The summed E-state index contributed by atoms with van der Waals surface area (Å²) in [7, 11) is 0. The Labute approximate surface area is 116 Å². The van der Waals surface area contributed by atoms with Gasteiger partial charge in [0.2, 0.25) is 11.8 Å². The van der Waals surface area contributed by atoms with Gasteiger partial charge in [-0.15, -0.1) is 0 Å². The van der Waals surface area contributed by atoms with Gasteiger partial charge in [0.1, 0.15) is 5.78 Å². The smallest absolute Gasteiger partial charge is 0.220 e. The standard InChI is InChI=1S/C12H22N2O3.C2H6/c1-10(15)6-7-12(17)14-9-5-3-4-8-13-11(2)16;1-2/h3-9H2,1-2H3,(H,13,16)(H,14,17);1-2H3. The second-order valence-corrected chi connectivity index (χ2v) is 4.10. The Balaban J connectivity index is 0. The molecular formula is C14H28N2O3. The number of hydrogen-bond acceptors (Lipinski definition) is 3. The molecule has 2 N–H and O–H groups in total. The van der Waals surface area contributed by atoms with Crippen molar-refractivity contribution in [1.29, 1.82) is 0 Å². The Bertz CT molecular complexity index is 265. The quantitative estimate of drug-likeness (QED) is 0.628. The highest BCUT2D eigenvalue weighted by atomic mass is 16.2. The number of unbranched alkanes of at least 4 members (excludes halogenated alkanes) is 2. The van der Waals surface area contributed by atoms with Crippen molar-refractivity contribution >= 4 is 17.6 Å². The number of rotatable bonds is 9. The van der Waals surface area contributed by atoms with Crippen LogP contribution in [0.5, 0.6) is 0 Å². The van der Waals surface area contributed by atoms with E-state index in [9.17, 15) is 14.4 Å². The van der Waals surface area contributed by atoms with Crippen LogP contribution in [0.3, 0.4) is 0 Å². The van der Waals surface area contributed by atoms with E-state index in [1.54, 1.807) is 0 Å². The van der Waals surface area contributed by atoms with Gasteiger partial charge in [0.15, 0.2) is 0 Å². The van der Waals surface area contributed by atoms with Gasteiger partial charge in [0, 0.05) is 32.9 Å². The zero-order chi connectivity index (χ0) is 15.1. The Morgan fingerprint density at radius 2 is 1.32 bits per heavy atom. The van der Waals surface area contributed by atoms with Gasteiger partial charge in [-0.2, -0.15) is 0 Å². The normalized spacial score (nSPS) is 9.05. The van der Waals surface area contributed by atoms with Gasteiger partial charge >= 0.3 is 0 Å². The molecule has 0 aliphatic rings. The van der Waals surface area contributed by atoms with Crippen LogP contribution < -0.4 is 10.6 Å². The predicted octanol–water partition coefficient (Wildman–Crippen LogP) is 1.80. The lowest BCUT2D eigenvalue weighted by Crippen LogP contribution is -2.25. The molecule has 5 heteroatoms. The maximum atomic E-state index is 11.2. The molecule has 19 heavy (non-hydrogen) atoms. The molecule has 0 aliphatic carbocycles. The van der Waals surface area contributed by atoms with Crippen LogP contribution in [0, 0.1) is 0 Å². The molecule has 0 rings (SSSR count). The Kier molecular flexibility index (Phi) is 15.4. The minimum atomic E-state index is -0.0675. The Morgan fingerprint density at radius 1 is 0.789 bits per heavy atom. The second kappa shape index (κ2) is 14.7. The molecule has 0 bridgehead atoms. The van der Waals surface area contributed by atoms with Crippen LogP contribution in [0.2, 0.25) is 0 Å². The number of Topliss-reactive ketones (excluding diaryl/α,β-unsaturated/α-hetero) is 1. The molecule has 0 fully saturated rings. The summed E-state index contributed by atoms with van der Waals surface area (Å²) >= 11 is 0. The summed E-state index contributed by atoms with van der Waals surface area (Å²) in [6.45, 7) is 8.30. The fourth-order valence-corrected chi connectivity index (χ4v) is 1.30. The first-order valence-corrected chi connectivity index (χ1v) is 7.03. The first kappa shape index (κ1) is 19.9. The van der Waals surface area contributed by atoms with E-state index >= 15 is 0 Å². The van der Waals surface area contributed by atoms with Gasteiger partial charge in [-0.1, -0.05) is 13.8 Å². The zero-order valence-electron chi connectivity index (χ0n) is 12.7. The van der Waals surface area contributed by atoms with Crippen molar-refractivity contribution in [2.45, 2.75) is 59.8 Å². The fraction of sp³-hybridized carbons (Fsp3) is 0.786. The van der Waals surface area contributed by atoms with Gasteiger partial charge < -0.3 is 15.4 Å². The van der Waals surface area contributed by atoms with Crippen molar-refractivity contribution < 1.29 is 14.4 Å². The van der Waals surface area contributed by atoms with Crippen LogP contribution in [-0.2, 0) is 14.4 Å². The highest BCUT2D eigenvalue weighted by Gasteiger charge is 2.02. The molecule has 0 spiro atoms. The lowest BCUT2D eigenvalue weighted by molar-refractivity contribution is -0.124. The summed E-state index contributed by atoms with van der Waals surface area (Å²) in [5.41, 5.74) is 0. The lowest BCUT2D eigenvalue weighted by Gasteiger charge is -2.04. The molecule has 0 radical (unpaired) electrons. The molecule has 0 heterocycles. The van der Waals surface area contributed by atoms with Gasteiger partial charge in [0.05, 0.1) is 0 Å². The van der Waals surface area contributed by atoms with Crippen LogP contribution in [0.1, 0.15) is 59.8 Å². The SMILES string of the molecule is CC.CC(=O)CCC(=O)NCCCCCNC(C)=O. The van der Waals surface area contributed by atoms with E-state index in [0.717, 1.165) is 19.3 Å². The highest BCUT2D eigenvalue weighted by Crippen LogP contribution is 1.94. The molecule has 0 atom stereocenters. The molecular weight excluding hydrogens is 244 g/mol. The number of nitrogens with one attached hydrogen (secondary N) is 2. The molecule has 0 aliphatic heterocycles. The molecule has 5 nitrogen and oxygen atoms in total. The number of amides is 2. The van der Waals surface area contributed by atoms with E-state index in [1.165, 1.54) is 13.8 Å². The third-order valence-electron chi connectivity index (χ3n) is 2.25. The largest absolute Gasteiger partial charge is 0.356 e. The molecule has 0 aromatic carbocycles. The van der Waals surface area contributed by atoms with Crippen LogP contribution in [0.25, 0.3) is 0 Å². The van der Waals surface area contributed by atoms with Crippen LogP contribution in [0.4, 0.5) is 0 Å². The van der Waals surface area contributed by atoms with Crippen molar-refractivity contribution in [3.63, 3.8) is 0 Å². The number of carbonyl (C=O) groups is 3. The first-order chi connectivity index (χ1) is 9.02. The van der Waals surface area contributed by atoms with E-state index < -0.39 is 0 Å². The summed E-state index contributed by atoms with van der Waals surface area (Å²) in [4.78, 5) is 32.4. The van der Waals surface area contributed by atoms with E-state index in [2.05, 4.69) is 10.6 Å². The van der Waals surface area contributed by atoms with Gasteiger partial charge in [-0.05, 0) is 26.2 Å². The van der Waals surface area contributed by atoms with Crippen LogP contribution >= 0.6 is 0 Å². The Morgan fingerprint density at radius 3 is 1.79 bits per heavy atom. The lowest BCUT2D eigenvalue weighted by atomic mass is 10.2. The van der Waals surface area contributed by atoms with Crippen molar-refractivity contribution in [2.24, 2.45) is 0 Å². The van der Waals surface area contributed by atoms with Crippen LogP contribution in [0.15, 0.2) is 0 Å². The third kappa shape index (κ3) is 19.1. The maximum absolute atomic E-state index is 11.2. The summed E-state index contributed by atoms with van der Waals surface area (Å²) in [5, 5.41) is 5.47. The molecule has 0 saturated carbocycles. The van der Waals surface area contributed by atoms with Crippen molar-refractivity contribution in [2.75, 3.05) is 13.1 Å². The maximum Gasteiger partial charge on any atom is 0.220 e. The summed E-state index contributed by atoms with van der Waals surface area (Å²) in [6, 6.07) is 0. The van der Waals surface area contributed by atoms with E-state index in [-0.39, 0.29) is 24.0 Å². The van der Waals surface area contributed by atoms with E-state index in [0.29, 0.717) is 19.5 Å². The number of carbonyl (C=O) groups excluding carboxylic acids is 3. The predicted molar refractivity (Wildman–Crippen MR) is 76.8 cm³/mol. The third-order valence-corrected chi connectivity index (χ3v) is 2.25. The summed E-state index contributed by atoms with van der Waals surface area (Å²) < 4.78 is 0. The summed E-state index contributed by atoms with van der Waals surface area (Å²) in [6.07, 6.45) is 3.37. The fourth-order valence-electron chi connectivity index (χ4n) is 1.30. The highest BCUT2D eigenvalue weighted by molar-refractivity contribution is 5.83. The molecule has 2 amide bonds. The van der Waals surface area contributed by atoms with Gasteiger partial charge in [-0.25, -0.2) is 0 Å². The molecule has 112 valence electrons. The molecule has 0 unspecified atom stereocenters. The summed E-state index contributed by atoms with van der Waals surface area (Å²) in [5.74, 6) is -0.0416. The number of ketones is 1. The minimum absolute atomic E-state index is 0.0115. The van der Waals surface area contributed by atoms with Gasteiger partial charge in [-0.3, -0.25) is 9.59 Å². The van der Waals surface area contributed by atoms with Crippen molar-refractivity contribution in [3.05, 3.63) is 0 Å². The van der Waals surface area contributed by atoms with Crippen LogP contribution in [-0.4, -0.2) is 30.7 Å². The topological polar surface area (TPSA) is 75.3 Å². The van der Waals surface area contributed by atoms with Crippen molar-refractivity contribution in [3.8, 4) is 0 Å². The average Bonchev–Trinajstić information content (AvgIpc) is 2.37. The average molecular weight is 272 g/mol. The van der Waals surface area contributed by atoms with Gasteiger partial charge in [0.25, 0.3) is 0 Å². The first-order valence-electron chi connectivity index (χ1n) is 7.03. The van der Waals surface area contributed by atoms with Crippen molar-refractivity contribution in [1.82, 2.24) is 10.6 Å². The zero-order valence-corrected chi connectivity index (χ0v) is 12.7.